The second-order valence-electron chi connectivity index (χ2n) is 5.71. The van der Waals surface area contributed by atoms with Crippen molar-refractivity contribution >= 4 is 17.9 Å². The Morgan fingerprint density at radius 3 is 2.17 bits per heavy atom. The van der Waals surface area contributed by atoms with Crippen molar-refractivity contribution in [2.75, 3.05) is 5.32 Å². The molecule has 1 atom stereocenters. The molecule has 2 aromatic carbocycles. The Morgan fingerprint density at radius 2 is 1.65 bits per heavy atom. The number of carbonyl (C=O) groups excluding carboxylic acids is 2. The smallest absolute Gasteiger partial charge is 0.265 e. The molecule has 0 fully saturated rings. The fourth-order valence-corrected chi connectivity index (χ4v) is 2.48. The number of amides is 1. The fraction of sp³-hybridized carbons (Fsp3) is 0.263. The van der Waals surface area contributed by atoms with Gasteiger partial charge in [0.15, 0.2) is 6.10 Å². The summed E-state index contributed by atoms with van der Waals surface area (Å²) in [7, 11) is 0. The van der Waals surface area contributed by atoms with Crippen LogP contribution < -0.4 is 10.1 Å². The quantitative estimate of drug-likeness (QED) is 0.854. The van der Waals surface area contributed by atoms with Crippen molar-refractivity contribution in [3.8, 4) is 5.75 Å². The minimum Gasteiger partial charge on any atom is -0.481 e. The van der Waals surface area contributed by atoms with Crippen LogP contribution in [-0.2, 0) is 4.79 Å². The van der Waals surface area contributed by atoms with Crippen LogP contribution in [0.2, 0.25) is 0 Å². The molecule has 2 aromatic rings. The molecule has 0 aliphatic carbocycles. The fourth-order valence-electron chi connectivity index (χ4n) is 2.48. The Balaban J connectivity index is 2.06. The summed E-state index contributed by atoms with van der Waals surface area (Å²) >= 11 is 0. The minimum atomic E-state index is -0.641. The van der Waals surface area contributed by atoms with Gasteiger partial charge in [-0.25, -0.2) is 0 Å². The van der Waals surface area contributed by atoms with Gasteiger partial charge < -0.3 is 10.1 Å². The van der Waals surface area contributed by atoms with E-state index in [1.807, 2.05) is 32.9 Å². The highest BCUT2D eigenvalue weighted by Gasteiger charge is 2.17. The van der Waals surface area contributed by atoms with E-state index in [1.165, 1.54) is 0 Å². The van der Waals surface area contributed by atoms with E-state index in [9.17, 15) is 9.59 Å². The summed E-state index contributed by atoms with van der Waals surface area (Å²) in [5.41, 5.74) is 4.61. The van der Waals surface area contributed by atoms with Crippen molar-refractivity contribution in [1.29, 1.82) is 0 Å². The molecule has 0 saturated carbocycles. The molecular formula is C19H21NO3. The van der Waals surface area contributed by atoms with E-state index >= 15 is 0 Å². The van der Waals surface area contributed by atoms with E-state index in [0.29, 0.717) is 11.3 Å². The highest BCUT2D eigenvalue weighted by atomic mass is 16.5. The number of hydrogen-bond donors (Lipinski definition) is 1. The maximum atomic E-state index is 12.3. The molecule has 1 unspecified atom stereocenters. The zero-order valence-corrected chi connectivity index (χ0v) is 13.8. The highest BCUT2D eigenvalue weighted by molar-refractivity contribution is 5.95. The van der Waals surface area contributed by atoms with Crippen LogP contribution in [0.25, 0.3) is 0 Å². The van der Waals surface area contributed by atoms with Gasteiger partial charge in [-0.3, -0.25) is 9.59 Å². The molecule has 0 aliphatic rings. The number of benzene rings is 2. The van der Waals surface area contributed by atoms with Gasteiger partial charge in [0, 0.05) is 11.3 Å². The normalized spacial score (nSPS) is 11.7. The summed E-state index contributed by atoms with van der Waals surface area (Å²) < 4.78 is 5.62. The number of aldehydes is 1. The first-order chi connectivity index (χ1) is 10.9. The lowest BCUT2D eigenvalue weighted by Gasteiger charge is -2.17. The van der Waals surface area contributed by atoms with Gasteiger partial charge in [0.05, 0.1) is 0 Å². The molecule has 1 amide bonds. The van der Waals surface area contributed by atoms with Gasteiger partial charge in [0.2, 0.25) is 0 Å². The summed E-state index contributed by atoms with van der Waals surface area (Å²) in [6.07, 6.45) is 0.125. The maximum absolute atomic E-state index is 12.3. The summed E-state index contributed by atoms with van der Waals surface area (Å²) in [6.45, 7) is 7.67. The molecule has 0 bridgehead atoms. The number of anilines is 1. The molecular weight excluding hydrogens is 290 g/mol. The van der Waals surface area contributed by atoms with Gasteiger partial charge in [-0.2, -0.15) is 0 Å². The van der Waals surface area contributed by atoms with Gasteiger partial charge in [-0.1, -0.05) is 17.7 Å². The van der Waals surface area contributed by atoms with E-state index in [0.717, 1.165) is 28.7 Å². The van der Waals surface area contributed by atoms with Crippen LogP contribution in [-0.4, -0.2) is 18.3 Å². The molecule has 0 spiro atoms. The Labute approximate surface area is 136 Å². The highest BCUT2D eigenvalue weighted by Crippen LogP contribution is 2.22. The molecule has 4 nitrogen and oxygen atoms in total. The molecule has 0 heterocycles. The summed E-state index contributed by atoms with van der Waals surface area (Å²) in [6, 6.07) is 10.7. The summed E-state index contributed by atoms with van der Waals surface area (Å²) in [5.74, 6) is 0.343. The molecule has 0 saturated heterocycles. The van der Waals surface area contributed by atoms with Crippen molar-refractivity contribution in [2.24, 2.45) is 0 Å². The van der Waals surface area contributed by atoms with Crippen molar-refractivity contribution in [1.82, 2.24) is 0 Å². The number of carbonyl (C=O) groups is 2. The lowest BCUT2D eigenvalue weighted by molar-refractivity contribution is -0.122. The third-order valence-electron chi connectivity index (χ3n) is 3.62. The van der Waals surface area contributed by atoms with Crippen LogP contribution in [0.4, 0.5) is 5.69 Å². The zero-order chi connectivity index (χ0) is 17.0. The molecule has 2 rings (SSSR count). The zero-order valence-electron chi connectivity index (χ0n) is 13.8. The van der Waals surface area contributed by atoms with Crippen molar-refractivity contribution in [3.63, 3.8) is 0 Å². The lowest BCUT2D eigenvalue weighted by Crippen LogP contribution is -2.30. The van der Waals surface area contributed by atoms with E-state index in [4.69, 9.17) is 4.74 Å². The summed E-state index contributed by atoms with van der Waals surface area (Å²) in [5, 5.41) is 2.93. The number of aryl methyl sites for hydroxylation is 3. The first-order valence-electron chi connectivity index (χ1n) is 7.51. The molecule has 1 N–H and O–H groups in total. The van der Waals surface area contributed by atoms with E-state index < -0.39 is 6.10 Å². The lowest BCUT2D eigenvalue weighted by atomic mass is 10.0. The second-order valence-corrected chi connectivity index (χ2v) is 5.71. The van der Waals surface area contributed by atoms with Crippen LogP contribution in [0.5, 0.6) is 5.75 Å². The van der Waals surface area contributed by atoms with Crippen molar-refractivity contribution < 1.29 is 14.3 Å². The Hall–Kier alpha value is -2.62. The van der Waals surface area contributed by atoms with Crippen molar-refractivity contribution in [2.45, 2.75) is 33.8 Å². The van der Waals surface area contributed by atoms with Crippen LogP contribution in [0.1, 0.15) is 34.0 Å². The van der Waals surface area contributed by atoms with E-state index in [1.54, 1.807) is 31.2 Å². The Bertz CT molecular complexity index is 697. The van der Waals surface area contributed by atoms with Gasteiger partial charge in [-0.05, 0) is 63.1 Å². The van der Waals surface area contributed by atoms with Crippen LogP contribution in [0.15, 0.2) is 36.4 Å². The van der Waals surface area contributed by atoms with Crippen LogP contribution in [0, 0.1) is 20.8 Å². The van der Waals surface area contributed by atoms with Gasteiger partial charge in [0.1, 0.15) is 12.0 Å². The second kappa shape index (κ2) is 7.09. The number of rotatable bonds is 5. The minimum absolute atomic E-state index is 0.209. The first kappa shape index (κ1) is 16.7. The van der Waals surface area contributed by atoms with Gasteiger partial charge >= 0.3 is 0 Å². The van der Waals surface area contributed by atoms with Gasteiger partial charge in [0.25, 0.3) is 5.91 Å². The van der Waals surface area contributed by atoms with Crippen LogP contribution >= 0.6 is 0 Å². The number of ether oxygens (including phenoxy) is 1. The van der Waals surface area contributed by atoms with Crippen LogP contribution in [0.3, 0.4) is 0 Å². The topological polar surface area (TPSA) is 55.4 Å². The maximum Gasteiger partial charge on any atom is 0.265 e. The Morgan fingerprint density at radius 1 is 1.09 bits per heavy atom. The van der Waals surface area contributed by atoms with Crippen molar-refractivity contribution in [3.05, 3.63) is 58.7 Å². The largest absolute Gasteiger partial charge is 0.481 e. The third-order valence-corrected chi connectivity index (χ3v) is 3.62. The molecule has 0 radical (unpaired) electrons. The molecule has 120 valence electrons. The first-order valence-corrected chi connectivity index (χ1v) is 7.51. The third kappa shape index (κ3) is 4.19. The standard InChI is InChI=1S/C19H21NO3/c1-12-9-13(2)18(14(3)10-12)20-19(22)15(4)23-17-7-5-16(11-21)6-8-17/h5-11,15H,1-4H3,(H,20,22). The molecule has 4 heteroatoms. The van der Waals surface area contributed by atoms with Gasteiger partial charge in [-0.15, -0.1) is 0 Å². The van der Waals surface area contributed by atoms with E-state index in [-0.39, 0.29) is 5.91 Å². The molecule has 0 aromatic heterocycles. The summed E-state index contributed by atoms with van der Waals surface area (Å²) in [4.78, 5) is 23.0. The predicted molar refractivity (Wildman–Crippen MR) is 91.2 cm³/mol. The average molecular weight is 311 g/mol. The number of nitrogens with one attached hydrogen (secondary N) is 1. The monoisotopic (exact) mass is 311 g/mol. The average Bonchev–Trinajstić information content (AvgIpc) is 2.51. The van der Waals surface area contributed by atoms with E-state index in [2.05, 4.69) is 5.32 Å². The number of hydrogen-bond acceptors (Lipinski definition) is 3. The molecule has 0 aliphatic heterocycles. The molecule has 23 heavy (non-hydrogen) atoms. The SMILES string of the molecule is Cc1cc(C)c(NC(=O)C(C)Oc2ccc(C=O)cc2)c(C)c1. The predicted octanol–water partition coefficient (Wildman–Crippen LogP) is 3.83. The Kier molecular flexibility index (Phi) is 5.16.